The molecule has 0 aromatic heterocycles. The Morgan fingerprint density at radius 3 is 2.09 bits per heavy atom. The number of likely N-dealkylation sites (tertiary alicyclic amines) is 2. The van der Waals surface area contributed by atoms with E-state index in [0.29, 0.717) is 27.8 Å². The van der Waals surface area contributed by atoms with E-state index in [-0.39, 0.29) is 0 Å². The van der Waals surface area contributed by atoms with Crippen LogP contribution < -0.4 is 0 Å². The summed E-state index contributed by atoms with van der Waals surface area (Å²) in [6.45, 7) is 26.9. The molecule has 4 unspecified atom stereocenters. The number of fused-ring (bicyclic) bond motifs is 1. The molecule has 2 nitrogen and oxygen atoms in total. The normalized spacial score (nSPS) is 34.4. The van der Waals surface area contributed by atoms with Gasteiger partial charge in [-0.3, -0.25) is 9.80 Å². The molecule has 2 saturated heterocycles. The Balaban J connectivity index is 1.49. The Labute approximate surface area is 207 Å². The zero-order valence-electron chi connectivity index (χ0n) is 24.0. The van der Waals surface area contributed by atoms with Crippen molar-refractivity contribution in [3.63, 3.8) is 0 Å². The number of piperidine rings is 2. The van der Waals surface area contributed by atoms with Gasteiger partial charge in [0.2, 0.25) is 0 Å². The second-order valence-corrected chi connectivity index (χ2v) is 15.6. The molecule has 2 aliphatic heterocycles. The Hall–Kier alpha value is -0.0800. The molecule has 1 spiro atoms. The third kappa shape index (κ3) is 4.96. The molecule has 0 N–H and O–H groups in total. The quantitative estimate of drug-likeness (QED) is 0.411. The molecule has 0 radical (unpaired) electrons. The molecule has 4 aliphatic rings. The summed E-state index contributed by atoms with van der Waals surface area (Å²) in [4.78, 5) is 5.83. The molecule has 2 heterocycles. The zero-order chi connectivity index (χ0) is 24.2. The van der Waals surface area contributed by atoms with Gasteiger partial charge >= 0.3 is 0 Å². The lowest BCUT2D eigenvalue weighted by Gasteiger charge is -2.57. The van der Waals surface area contributed by atoms with Crippen molar-refractivity contribution in [3.8, 4) is 0 Å². The van der Waals surface area contributed by atoms with Gasteiger partial charge in [-0.05, 0) is 120 Å². The van der Waals surface area contributed by atoms with E-state index in [9.17, 15) is 0 Å². The van der Waals surface area contributed by atoms with Gasteiger partial charge in [-0.25, -0.2) is 0 Å². The molecule has 0 aromatic carbocycles. The van der Waals surface area contributed by atoms with Gasteiger partial charge in [0.1, 0.15) is 0 Å². The Bertz CT molecular complexity index is 663. The van der Waals surface area contributed by atoms with Crippen molar-refractivity contribution in [3.05, 3.63) is 0 Å². The van der Waals surface area contributed by atoms with E-state index >= 15 is 0 Å². The number of nitrogens with zero attached hydrogens (tertiary/aromatic N) is 2. The summed E-state index contributed by atoms with van der Waals surface area (Å²) in [5.74, 6) is 2.72. The van der Waals surface area contributed by atoms with Crippen LogP contribution >= 0.6 is 0 Å². The topological polar surface area (TPSA) is 6.48 Å². The number of hydrogen-bond acceptors (Lipinski definition) is 2. The molecular weight excluding hydrogens is 400 g/mol. The van der Waals surface area contributed by atoms with Crippen molar-refractivity contribution in [2.45, 2.75) is 144 Å². The van der Waals surface area contributed by atoms with E-state index in [2.05, 4.69) is 72.1 Å². The molecule has 2 aliphatic carbocycles. The lowest BCUT2D eigenvalue weighted by atomic mass is 9.58. The van der Waals surface area contributed by atoms with Crippen LogP contribution in [0.2, 0.25) is 0 Å². The van der Waals surface area contributed by atoms with Crippen molar-refractivity contribution in [1.29, 1.82) is 0 Å². The number of rotatable bonds is 5. The largest absolute Gasteiger partial charge is 0.298 e. The summed E-state index contributed by atoms with van der Waals surface area (Å²) < 4.78 is 0. The van der Waals surface area contributed by atoms with Gasteiger partial charge in [-0.2, -0.15) is 0 Å². The van der Waals surface area contributed by atoms with Gasteiger partial charge in [0.25, 0.3) is 0 Å². The van der Waals surface area contributed by atoms with Crippen LogP contribution in [0.15, 0.2) is 0 Å². The van der Waals surface area contributed by atoms with Crippen molar-refractivity contribution in [2.75, 3.05) is 19.6 Å². The van der Waals surface area contributed by atoms with E-state index in [0.717, 1.165) is 23.8 Å². The minimum absolute atomic E-state index is 0.297. The average Bonchev–Trinajstić information content (AvgIpc) is 3.35. The maximum atomic E-state index is 2.97. The minimum atomic E-state index is 0.297. The van der Waals surface area contributed by atoms with E-state index in [1.165, 1.54) is 83.8 Å². The molecule has 2 heteroatoms. The smallest absolute Gasteiger partial charge is 0.0158 e. The fourth-order valence-electron chi connectivity index (χ4n) is 10.1. The van der Waals surface area contributed by atoms with Crippen LogP contribution in [0.5, 0.6) is 0 Å². The second kappa shape index (κ2) is 9.10. The Kier molecular flexibility index (Phi) is 7.17. The van der Waals surface area contributed by atoms with Crippen LogP contribution in [0.4, 0.5) is 0 Å². The van der Waals surface area contributed by atoms with Gasteiger partial charge < -0.3 is 0 Å². The second-order valence-electron chi connectivity index (χ2n) is 15.6. The van der Waals surface area contributed by atoms with Crippen LogP contribution in [-0.4, -0.2) is 47.1 Å². The lowest BCUT2D eigenvalue weighted by Crippen LogP contribution is -2.59. The minimum Gasteiger partial charge on any atom is -0.298 e. The highest BCUT2D eigenvalue weighted by Gasteiger charge is 2.53. The van der Waals surface area contributed by atoms with Gasteiger partial charge in [0.15, 0.2) is 0 Å². The molecular formula is C31H58N2. The highest BCUT2D eigenvalue weighted by atomic mass is 15.2. The van der Waals surface area contributed by atoms with Gasteiger partial charge in [-0.15, -0.1) is 0 Å². The van der Waals surface area contributed by atoms with Gasteiger partial charge in [0.05, 0.1) is 0 Å². The summed E-state index contributed by atoms with van der Waals surface area (Å²) >= 11 is 0. The van der Waals surface area contributed by atoms with Crippen LogP contribution in [0.3, 0.4) is 0 Å². The monoisotopic (exact) mass is 458 g/mol. The summed E-state index contributed by atoms with van der Waals surface area (Å²) in [5, 5.41) is 0. The predicted molar refractivity (Wildman–Crippen MR) is 144 cm³/mol. The van der Waals surface area contributed by atoms with Crippen LogP contribution in [0, 0.1) is 34.0 Å². The van der Waals surface area contributed by atoms with Crippen molar-refractivity contribution in [1.82, 2.24) is 9.80 Å². The van der Waals surface area contributed by atoms with Crippen molar-refractivity contribution in [2.24, 2.45) is 34.0 Å². The molecule has 4 atom stereocenters. The van der Waals surface area contributed by atoms with Gasteiger partial charge in [0, 0.05) is 24.2 Å². The predicted octanol–water partition coefficient (Wildman–Crippen LogP) is 8.01. The highest BCUT2D eigenvalue weighted by molar-refractivity contribution is 5.05. The van der Waals surface area contributed by atoms with E-state index in [4.69, 9.17) is 0 Å². The summed E-state index contributed by atoms with van der Waals surface area (Å²) in [6.07, 6.45) is 14.4. The van der Waals surface area contributed by atoms with Crippen molar-refractivity contribution < 1.29 is 0 Å². The van der Waals surface area contributed by atoms with E-state index < -0.39 is 0 Å². The lowest BCUT2D eigenvalue weighted by molar-refractivity contribution is -0.0817. The highest BCUT2D eigenvalue weighted by Crippen LogP contribution is 2.57. The van der Waals surface area contributed by atoms with Crippen LogP contribution in [0.1, 0.15) is 127 Å². The third-order valence-corrected chi connectivity index (χ3v) is 11.2. The van der Waals surface area contributed by atoms with Gasteiger partial charge in [-0.1, -0.05) is 53.9 Å². The first kappa shape index (κ1) is 26.0. The zero-order valence-corrected chi connectivity index (χ0v) is 24.0. The summed E-state index contributed by atoms with van der Waals surface area (Å²) in [6, 6.07) is 1.57. The number of hydrogen-bond donors (Lipinski definition) is 0. The molecule has 0 amide bonds. The Morgan fingerprint density at radius 2 is 1.48 bits per heavy atom. The first-order valence-electron chi connectivity index (χ1n) is 14.8. The first-order valence-corrected chi connectivity index (χ1v) is 14.8. The maximum absolute atomic E-state index is 2.97. The van der Waals surface area contributed by atoms with Crippen molar-refractivity contribution >= 4 is 0 Å². The maximum Gasteiger partial charge on any atom is 0.0158 e. The fraction of sp³-hybridized carbons (Fsp3) is 1.00. The molecule has 4 rings (SSSR count). The average molecular weight is 459 g/mol. The molecule has 33 heavy (non-hydrogen) atoms. The molecule has 0 aromatic rings. The Morgan fingerprint density at radius 1 is 0.818 bits per heavy atom. The SMILES string of the molecule is CC(C)N1CCC(C(C)(C)CC(C)(C)N2CCC(C(C)(C)C)C3(CCCC3)C2)C2CCCC21. The molecule has 192 valence electrons. The molecule has 2 saturated carbocycles. The first-order chi connectivity index (χ1) is 15.3. The molecule has 4 fully saturated rings. The van der Waals surface area contributed by atoms with E-state index in [1.54, 1.807) is 0 Å². The molecule has 0 bridgehead atoms. The summed E-state index contributed by atoms with van der Waals surface area (Å²) in [5.41, 5.74) is 1.74. The fourth-order valence-corrected chi connectivity index (χ4v) is 10.1. The van der Waals surface area contributed by atoms with Crippen LogP contribution in [-0.2, 0) is 0 Å². The summed E-state index contributed by atoms with van der Waals surface area (Å²) in [7, 11) is 0. The standard InChI is InChI=1S/C31H58N2/c1-23(2)33-20-15-25(24-13-12-14-26(24)33)29(6,7)21-30(8,9)32-19-16-27(28(3,4)5)31(22-32)17-10-11-18-31/h23-27H,10-22H2,1-9H3. The third-order valence-electron chi connectivity index (χ3n) is 11.2. The van der Waals surface area contributed by atoms with E-state index in [1.807, 2.05) is 0 Å². The van der Waals surface area contributed by atoms with Crippen LogP contribution in [0.25, 0.3) is 0 Å².